The standard InChI is InChI=1S/C25H24N4OS/c1-15-7-8-17(11-16(15)2)21-14-31-25(28-21)23-22(30)13-29(24(23)26)10-9-18-12-27-20-6-4-3-5-19(18)20/h3-8,11-12,14,26-27,30H,9-10,13H2,1-2H3. The monoisotopic (exact) mass is 428 g/mol. The van der Waals surface area contributed by atoms with Gasteiger partial charge in [-0.05, 0) is 49.1 Å². The average molecular weight is 429 g/mol. The van der Waals surface area contributed by atoms with Crippen LogP contribution in [-0.4, -0.2) is 38.9 Å². The van der Waals surface area contributed by atoms with Crippen molar-refractivity contribution in [1.82, 2.24) is 14.9 Å². The number of aromatic nitrogens is 2. The second-order valence-electron chi connectivity index (χ2n) is 8.04. The molecule has 6 heteroatoms. The summed E-state index contributed by atoms with van der Waals surface area (Å²) in [4.78, 5) is 9.97. The molecule has 3 N–H and O–H groups in total. The Bertz CT molecular complexity index is 1330. The van der Waals surface area contributed by atoms with Crippen LogP contribution in [0.1, 0.15) is 21.7 Å². The van der Waals surface area contributed by atoms with Gasteiger partial charge in [0.1, 0.15) is 16.6 Å². The molecule has 0 bridgehead atoms. The summed E-state index contributed by atoms with van der Waals surface area (Å²) in [7, 11) is 0. The number of aliphatic hydroxyl groups is 1. The van der Waals surface area contributed by atoms with Gasteiger partial charge in [0.25, 0.3) is 0 Å². The van der Waals surface area contributed by atoms with Crippen LogP contribution in [0, 0.1) is 19.3 Å². The lowest BCUT2D eigenvalue weighted by atomic mass is 10.1. The van der Waals surface area contributed by atoms with Crippen molar-refractivity contribution in [3.8, 4) is 11.3 Å². The molecule has 1 aliphatic rings. The first kappa shape index (κ1) is 19.6. The predicted molar refractivity (Wildman–Crippen MR) is 128 cm³/mol. The van der Waals surface area contributed by atoms with Crippen LogP contribution in [0.2, 0.25) is 0 Å². The van der Waals surface area contributed by atoms with Crippen molar-refractivity contribution in [3.05, 3.63) is 81.5 Å². The molecule has 0 aliphatic carbocycles. The van der Waals surface area contributed by atoms with Crippen LogP contribution in [0.15, 0.2) is 59.8 Å². The zero-order valence-corrected chi connectivity index (χ0v) is 18.4. The first-order valence-corrected chi connectivity index (χ1v) is 11.2. The van der Waals surface area contributed by atoms with Crippen molar-refractivity contribution in [2.75, 3.05) is 13.1 Å². The SMILES string of the molecule is Cc1ccc(-c2csc(C3=C(O)CN(CCc4c[nH]c5ccccc45)C3=N)n2)cc1C. The van der Waals surface area contributed by atoms with Gasteiger partial charge < -0.3 is 15.0 Å². The predicted octanol–water partition coefficient (Wildman–Crippen LogP) is 5.71. The summed E-state index contributed by atoms with van der Waals surface area (Å²) in [6, 6.07) is 14.6. The van der Waals surface area contributed by atoms with Gasteiger partial charge in [0.15, 0.2) is 0 Å². The first-order valence-electron chi connectivity index (χ1n) is 10.4. The Morgan fingerprint density at radius 3 is 2.84 bits per heavy atom. The normalized spacial score (nSPS) is 14.3. The van der Waals surface area contributed by atoms with Crippen LogP contribution in [0.4, 0.5) is 0 Å². The number of benzene rings is 2. The van der Waals surface area contributed by atoms with Crippen LogP contribution < -0.4 is 0 Å². The van der Waals surface area contributed by atoms with E-state index in [2.05, 4.69) is 49.2 Å². The van der Waals surface area contributed by atoms with Crippen LogP contribution >= 0.6 is 11.3 Å². The van der Waals surface area contributed by atoms with Crippen molar-refractivity contribution < 1.29 is 5.11 Å². The van der Waals surface area contributed by atoms with Gasteiger partial charge in [-0.15, -0.1) is 11.3 Å². The number of nitrogens with one attached hydrogen (secondary N) is 2. The van der Waals surface area contributed by atoms with E-state index in [-0.39, 0.29) is 5.76 Å². The quantitative estimate of drug-likeness (QED) is 0.381. The van der Waals surface area contributed by atoms with E-state index in [9.17, 15) is 5.11 Å². The smallest absolute Gasteiger partial charge is 0.135 e. The number of aliphatic hydroxyl groups excluding tert-OH is 1. The molecule has 0 radical (unpaired) electrons. The fourth-order valence-corrected chi connectivity index (χ4v) is 4.96. The van der Waals surface area contributed by atoms with Gasteiger partial charge in [-0.3, -0.25) is 5.41 Å². The maximum atomic E-state index is 10.6. The van der Waals surface area contributed by atoms with Crippen LogP contribution in [0.5, 0.6) is 0 Å². The third-order valence-electron chi connectivity index (χ3n) is 6.03. The number of rotatable bonds is 5. The first-order chi connectivity index (χ1) is 15.0. The molecule has 1 aliphatic heterocycles. The lowest BCUT2D eigenvalue weighted by Gasteiger charge is -2.18. The second-order valence-corrected chi connectivity index (χ2v) is 8.90. The minimum Gasteiger partial charge on any atom is -0.510 e. The number of aromatic amines is 1. The summed E-state index contributed by atoms with van der Waals surface area (Å²) in [5.41, 5.74) is 7.33. The summed E-state index contributed by atoms with van der Waals surface area (Å²) in [6.07, 6.45) is 2.84. The van der Waals surface area contributed by atoms with Gasteiger partial charge in [0, 0.05) is 34.6 Å². The number of H-pyrrole nitrogens is 1. The highest BCUT2D eigenvalue weighted by Crippen LogP contribution is 2.33. The summed E-state index contributed by atoms with van der Waals surface area (Å²) < 4.78 is 0. The Morgan fingerprint density at radius 2 is 2.00 bits per heavy atom. The van der Waals surface area contributed by atoms with Gasteiger partial charge in [0.2, 0.25) is 0 Å². The molecule has 0 amide bonds. The van der Waals surface area contributed by atoms with Gasteiger partial charge in [-0.25, -0.2) is 4.98 Å². The van der Waals surface area contributed by atoms with E-state index in [1.165, 1.54) is 33.4 Å². The van der Waals surface area contributed by atoms with Crippen molar-refractivity contribution in [2.24, 2.45) is 0 Å². The molecule has 2 aromatic heterocycles. The molecule has 0 atom stereocenters. The minimum atomic E-state index is 0.227. The molecule has 0 fully saturated rings. The highest BCUT2D eigenvalue weighted by Gasteiger charge is 2.30. The number of thiazole rings is 1. The molecule has 0 saturated heterocycles. The molecule has 0 spiro atoms. The number of hydrogen-bond acceptors (Lipinski definition) is 4. The number of aryl methyl sites for hydroxylation is 2. The van der Waals surface area contributed by atoms with Crippen molar-refractivity contribution in [3.63, 3.8) is 0 Å². The molecular weight excluding hydrogens is 404 g/mol. The molecule has 3 heterocycles. The third kappa shape index (κ3) is 3.53. The lowest BCUT2D eigenvalue weighted by molar-refractivity contribution is 0.351. The molecule has 0 saturated carbocycles. The van der Waals surface area contributed by atoms with E-state index >= 15 is 0 Å². The Labute approximate surface area is 185 Å². The van der Waals surface area contributed by atoms with E-state index in [0.29, 0.717) is 29.5 Å². The van der Waals surface area contributed by atoms with Crippen LogP contribution in [0.3, 0.4) is 0 Å². The molecule has 2 aromatic carbocycles. The zero-order valence-electron chi connectivity index (χ0n) is 17.6. The summed E-state index contributed by atoms with van der Waals surface area (Å²) in [5, 5.41) is 23.2. The molecule has 5 rings (SSSR count). The Balaban J connectivity index is 1.33. The maximum absolute atomic E-state index is 10.6. The summed E-state index contributed by atoms with van der Waals surface area (Å²) in [5.74, 6) is 0.572. The van der Waals surface area contributed by atoms with E-state index in [1.54, 1.807) is 0 Å². The fourth-order valence-electron chi connectivity index (χ4n) is 4.07. The lowest BCUT2D eigenvalue weighted by Crippen LogP contribution is -2.28. The van der Waals surface area contributed by atoms with E-state index < -0.39 is 0 Å². The number of amidine groups is 1. The van der Waals surface area contributed by atoms with Gasteiger partial charge in [0.05, 0.1) is 17.8 Å². The second kappa shape index (κ2) is 7.71. The van der Waals surface area contributed by atoms with Crippen LogP contribution in [-0.2, 0) is 6.42 Å². The van der Waals surface area contributed by atoms with Crippen LogP contribution in [0.25, 0.3) is 27.7 Å². The van der Waals surface area contributed by atoms with E-state index in [1.807, 2.05) is 28.6 Å². The number of fused-ring (bicyclic) bond motifs is 1. The topological polar surface area (TPSA) is 76.0 Å². The Morgan fingerprint density at radius 1 is 1.16 bits per heavy atom. The van der Waals surface area contributed by atoms with Crippen molar-refractivity contribution in [1.29, 1.82) is 5.41 Å². The van der Waals surface area contributed by atoms with Gasteiger partial charge in [-0.2, -0.15) is 0 Å². The summed E-state index contributed by atoms with van der Waals surface area (Å²) >= 11 is 1.48. The molecule has 0 unspecified atom stereocenters. The largest absolute Gasteiger partial charge is 0.510 e. The average Bonchev–Trinajstić information content (AvgIpc) is 3.46. The number of hydrogen-bond donors (Lipinski definition) is 3. The molecule has 156 valence electrons. The highest BCUT2D eigenvalue weighted by atomic mass is 32.1. The molecule has 5 nitrogen and oxygen atoms in total. The number of nitrogens with zero attached hydrogens (tertiary/aromatic N) is 2. The molecular formula is C25H24N4OS. The van der Waals surface area contributed by atoms with E-state index in [0.717, 1.165) is 23.2 Å². The Hall–Kier alpha value is -3.38. The Kier molecular flexibility index (Phi) is 4.87. The minimum absolute atomic E-state index is 0.227. The van der Waals surface area contributed by atoms with Crippen molar-refractivity contribution >= 4 is 33.6 Å². The molecule has 4 aromatic rings. The number of para-hydroxylation sites is 1. The zero-order chi connectivity index (χ0) is 21.5. The molecule has 31 heavy (non-hydrogen) atoms. The van der Waals surface area contributed by atoms with Gasteiger partial charge >= 0.3 is 0 Å². The van der Waals surface area contributed by atoms with Gasteiger partial charge in [-0.1, -0.05) is 30.3 Å². The highest BCUT2D eigenvalue weighted by molar-refractivity contribution is 7.11. The van der Waals surface area contributed by atoms with Crippen molar-refractivity contribution in [2.45, 2.75) is 20.3 Å². The fraction of sp³-hybridized carbons (Fsp3) is 0.200. The maximum Gasteiger partial charge on any atom is 0.135 e. The third-order valence-corrected chi connectivity index (χ3v) is 6.89. The summed E-state index contributed by atoms with van der Waals surface area (Å²) in [6.45, 7) is 5.22. The van der Waals surface area contributed by atoms with E-state index in [4.69, 9.17) is 10.4 Å².